The quantitative estimate of drug-likeness (QED) is 0.707. The van der Waals surface area contributed by atoms with Crippen LogP contribution in [-0.2, 0) is 11.3 Å². The van der Waals surface area contributed by atoms with Gasteiger partial charge in [0.1, 0.15) is 11.4 Å². The maximum absolute atomic E-state index is 12.3. The minimum Gasteiger partial charge on any atom is -0.496 e. The van der Waals surface area contributed by atoms with E-state index in [-0.39, 0.29) is 17.5 Å². The zero-order valence-corrected chi connectivity index (χ0v) is 14.2. The summed E-state index contributed by atoms with van der Waals surface area (Å²) in [7, 11) is 3.14. The average Bonchev–Trinajstić information content (AvgIpc) is 2.66. The van der Waals surface area contributed by atoms with Crippen molar-refractivity contribution >= 4 is 11.8 Å². The number of hydrogen-bond donors (Lipinski definition) is 2. The number of para-hydroxylation sites is 1. The number of carbonyl (C=O) groups is 2. The van der Waals surface area contributed by atoms with Crippen molar-refractivity contribution in [3.63, 3.8) is 0 Å². The molecule has 2 rings (SSSR count). The Bertz CT molecular complexity index is 734. The Morgan fingerprint density at radius 3 is 2.64 bits per heavy atom. The molecule has 25 heavy (non-hydrogen) atoms. The fourth-order valence-electron chi connectivity index (χ4n) is 2.18. The van der Waals surface area contributed by atoms with E-state index in [9.17, 15) is 9.59 Å². The van der Waals surface area contributed by atoms with Gasteiger partial charge in [0.25, 0.3) is 11.8 Å². The molecule has 0 unspecified atom stereocenters. The Morgan fingerprint density at radius 1 is 1.08 bits per heavy atom. The van der Waals surface area contributed by atoms with E-state index >= 15 is 0 Å². The minimum atomic E-state index is -0.363. The van der Waals surface area contributed by atoms with Crippen molar-refractivity contribution in [3.8, 4) is 5.75 Å². The third kappa shape index (κ3) is 5.29. The first-order valence-corrected chi connectivity index (χ1v) is 7.79. The van der Waals surface area contributed by atoms with Gasteiger partial charge in [0.05, 0.1) is 13.7 Å². The summed E-state index contributed by atoms with van der Waals surface area (Å²) in [5, 5.41) is 5.47. The van der Waals surface area contributed by atoms with Crippen LogP contribution in [0.4, 0.5) is 0 Å². The average molecular weight is 343 g/mol. The smallest absolute Gasteiger partial charge is 0.270 e. The fraction of sp³-hybridized carbons (Fsp3) is 0.278. The Balaban J connectivity index is 2.00. The van der Waals surface area contributed by atoms with Gasteiger partial charge in [0, 0.05) is 37.5 Å². The Kier molecular flexibility index (Phi) is 6.91. The van der Waals surface area contributed by atoms with E-state index in [1.807, 2.05) is 24.3 Å². The largest absolute Gasteiger partial charge is 0.496 e. The van der Waals surface area contributed by atoms with Crippen LogP contribution in [0, 0.1) is 0 Å². The molecule has 0 fully saturated rings. The standard InChI is InChI=1S/C18H21N3O4/c1-24-10-9-20-17(22)13-7-8-19-15(11-13)18(23)21-12-14-5-3-4-6-16(14)25-2/h3-8,11H,9-10,12H2,1-2H3,(H,20,22)(H,21,23). The van der Waals surface area contributed by atoms with E-state index in [2.05, 4.69) is 15.6 Å². The lowest BCUT2D eigenvalue weighted by atomic mass is 10.2. The van der Waals surface area contributed by atoms with Crippen molar-refractivity contribution in [2.24, 2.45) is 0 Å². The summed E-state index contributed by atoms with van der Waals surface area (Å²) in [5.74, 6) is 0.0534. The molecule has 1 heterocycles. The molecule has 0 saturated carbocycles. The van der Waals surface area contributed by atoms with Crippen LogP contribution in [0.15, 0.2) is 42.6 Å². The minimum absolute atomic E-state index is 0.175. The van der Waals surface area contributed by atoms with Crippen molar-refractivity contribution in [1.29, 1.82) is 0 Å². The summed E-state index contributed by atoms with van der Waals surface area (Å²) >= 11 is 0. The molecular weight excluding hydrogens is 322 g/mol. The highest BCUT2D eigenvalue weighted by Gasteiger charge is 2.12. The summed E-state index contributed by atoms with van der Waals surface area (Å²) in [5.41, 5.74) is 1.40. The Labute approximate surface area is 146 Å². The molecule has 0 aliphatic carbocycles. The zero-order valence-electron chi connectivity index (χ0n) is 14.2. The highest BCUT2D eigenvalue weighted by atomic mass is 16.5. The van der Waals surface area contributed by atoms with Gasteiger partial charge in [-0.25, -0.2) is 0 Å². The molecule has 1 aromatic carbocycles. The summed E-state index contributed by atoms with van der Waals surface area (Å²) in [6, 6.07) is 10.4. The lowest BCUT2D eigenvalue weighted by Crippen LogP contribution is -2.28. The zero-order chi connectivity index (χ0) is 18.1. The first-order chi connectivity index (χ1) is 12.2. The van der Waals surface area contributed by atoms with Gasteiger partial charge >= 0.3 is 0 Å². The van der Waals surface area contributed by atoms with Gasteiger partial charge in [0.2, 0.25) is 0 Å². The van der Waals surface area contributed by atoms with Crippen LogP contribution in [0.3, 0.4) is 0 Å². The molecular formula is C18H21N3O4. The first kappa shape index (κ1) is 18.4. The highest BCUT2D eigenvalue weighted by Crippen LogP contribution is 2.16. The Hall–Kier alpha value is -2.93. The predicted molar refractivity (Wildman–Crippen MR) is 92.6 cm³/mol. The number of pyridine rings is 1. The second-order valence-electron chi connectivity index (χ2n) is 5.17. The van der Waals surface area contributed by atoms with Crippen molar-refractivity contribution < 1.29 is 19.1 Å². The van der Waals surface area contributed by atoms with Crippen LogP contribution in [-0.4, -0.2) is 44.2 Å². The van der Waals surface area contributed by atoms with Gasteiger partial charge in [-0.2, -0.15) is 0 Å². The molecule has 0 bridgehead atoms. The third-order valence-corrected chi connectivity index (χ3v) is 3.48. The van der Waals surface area contributed by atoms with E-state index in [1.165, 1.54) is 12.3 Å². The summed E-state index contributed by atoms with van der Waals surface area (Å²) in [6.45, 7) is 1.12. The summed E-state index contributed by atoms with van der Waals surface area (Å²) in [6.07, 6.45) is 1.43. The van der Waals surface area contributed by atoms with Gasteiger partial charge in [-0.05, 0) is 18.2 Å². The number of amides is 2. The summed E-state index contributed by atoms with van der Waals surface area (Å²) in [4.78, 5) is 28.3. The normalized spacial score (nSPS) is 10.2. The molecule has 2 amide bonds. The van der Waals surface area contributed by atoms with E-state index in [1.54, 1.807) is 20.3 Å². The number of hydrogen-bond acceptors (Lipinski definition) is 5. The number of carbonyl (C=O) groups excluding carboxylic acids is 2. The molecule has 2 aromatic rings. The molecule has 132 valence electrons. The molecule has 1 aromatic heterocycles. The monoisotopic (exact) mass is 343 g/mol. The van der Waals surface area contributed by atoms with Crippen LogP contribution in [0.25, 0.3) is 0 Å². The van der Waals surface area contributed by atoms with Gasteiger partial charge in [0.15, 0.2) is 0 Å². The van der Waals surface area contributed by atoms with Gasteiger partial charge in [-0.15, -0.1) is 0 Å². The molecule has 0 aliphatic rings. The molecule has 0 spiro atoms. The van der Waals surface area contributed by atoms with E-state index in [0.717, 1.165) is 5.56 Å². The van der Waals surface area contributed by atoms with Crippen molar-refractivity contribution in [3.05, 3.63) is 59.4 Å². The van der Waals surface area contributed by atoms with Gasteiger partial charge < -0.3 is 20.1 Å². The topological polar surface area (TPSA) is 89.5 Å². The Morgan fingerprint density at radius 2 is 1.88 bits per heavy atom. The number of ether oxygens (including phenoxy) is 2. The van der Waals surface area contributed by atoms with Crippen molar-refractivity contribution in [2.45, 2.75) is 6.54 Å². The molecule has 7 heteroatoms. The summed E-state index contributed by atoms with van der Waals surface area (Å²) < 4.78 is 10.1. The van der Waals surface area contributed by atoms with Gasteiger partial charge in [-0.3, -0.25) is 14.6 Å². The van der Waals surface area contributed by atoms with E-state index < -0.39 is 0 Å². The molecule has 2 N–H and O–H groups in total. The SMILES string of the molecule is COCCNC(=O)c1ccnc(C(=O)NCc2ccccc2OC)c1. The number of methoxy groups -OCH3 is 2. The molecule has 0 radical (unpaired) electrons. The molecule has 0 atom stereocenters. The molecule has 7 nitrogen and oxygen atoms in total. The van der Waals surface area contributed by atoms with Crippen LogP contribution in [0.5, 0.6) is 5.75 Å². The van der Waals surface area contributed by atoms with Crippen LogP contribution in [0.2, 0.25) is 0 Å². The van der Waals surface area contributed by atoms with E-state index in [4.69, 9.17) is 9.47 Å². The lowest BCUT2D eigenvalue weighted by Gasteiger charge is -2.10. The second kappa shape index (κ2) is 9.39. The third-order valence-electron chi connectivity index (χ3n) is 3.48. The maximum Gasteiger partial charge on any atom is 0.270 e. The first-order valence-electron chi connectivity index (χ1n) is 7.79. The maximum atomic E-state index is 12.3. The van der Waals surface area contributed by atoms with E-state index in [0.29, 0.717) is 31.0 Å². The van der Waals surface area contributed by atoms with Gasteiger partial charge in [-0.1, -0.05) is 18.2 Å². The highest BCUT2D eigenvalue weighted by molar-refractivity contribution is 5.98. The van der Waals surface area contributed by atoms with Crippen molar-refractivity contribution in [2.75, 3.05) is 27.4 Å². The number of rotatable bonds is 8. The molecule has 0 saturated heterocycles. The van der Waals surface area contributed by atoms with Crippen LogP contribution < -0.4 is 15.4 Å². The number of nitrogens with one attached hydrogen (secondary N) is 2. The number of aromatic nitrogens is 1. The number of benzene rings is 1. The van der Waals surface area contributed by atoms with Crippen LogP contribution >= 0.6 is 0 Å². The van der Waals surface area contributed by atoms with Crippen molar-refractivity contribution in [1.82, 2.24) is 15.6 Å². The lowest BCUT2D eigenvalue weighted by molar-refractivity contribution is 0.0937. The molecule has 0 aliphatic heterocycles. The predicted octanol–water partition coefficient (Wildman–Crippen LogP) is 1.40. The van der Waals surface area contributed by atoms with Crippen LogP contribution in [0.1, 0.15) is 26.4 Å². The number of nitrogens with zero attached hydrogens (tertiary/aromatic N) is 1. The second-order valence-corrected chi connectivity index (χ2v) is 5.17. The fourth-order valence-corrected chi connectivity index (χ4v) is 2.18.